The maximum atomic E-state index is 4.11. The first-order valence-electron chi connectivity index (χ1n) is 5.79. The van der Waals surface area contributed by atoms with Gasteiger partial charge in [-0.15, -0.1) is 0 Å². The predicted octanol–water partition coefficient (Wildman–Crippen LogP) is 1.88. The largest absolute Gasteiger partial charge is 0.316 e. The molecule has 1 N–H and O–H groups in total. The summed E-state index contributed by atoms with van der Waals surface area (Å²) in [5, 5.41) is 3.17. The van der Waals surface area contributed by atoms with Gasteiger partial charge in [-0.3, -0.25) is 0 Å². The molecule has 0 radical (unpaired) electrons. The molecule has 1 saturated heterocycles. The molecule has 0 bridgehead atoms. The molecule has 1 fully saturated rings. The maximum Gasteiger partial charge on any atom is 0.0159 e. The predicted molar refractivity (Wildman–Crippen MR) is 62.5 cm³/mol. The van der Waals surface area contributed by atoms with Crippen LogP contribution in [0.3, 0.4) is 0 Å². The van der Waals surface area contributed by atoms with Crippen LogP contribution in [-0.2, 0) is 0 Å². The van der Waals surface area contributed by atoms with Gasteiger partial charge in [-0.1, -0.05) is 19.1 Å². The molecular weight excluding hydrogens is 172 g/mol. The lowest BCUT2D eigenvalue weighted by molar-refractivity contribution is 0.182. The van der Waals surface area contributed by atoms with Gasteiger partial charge in [0.2, 0.25) is 0 Å². The Labute approximate surface area is 88.4 Å². The molecule has 1 heterocycles. The number of nitrogens with zero attached hydrogens (tertiary/aromatic N) is 1. The standard InChI is InChI=1S/C12H24N2/c1-4-14-7-5-6-12(10-14)8-11(2)9-13-3/h12-13H,2,4-10H2,1,3H3. The third-order valence-corrected chi connectivity index (χ3v) is 3.05. The first-order valence-corrected chi connectivity index (χ1v) is 5.79. The second-order valence-corrected chi connectivity index (χ2v) is 4.39. The number of hydrogen-bond donors (Lipinski definition) is 1. The minimum absolute atomic E-state index is 0.851. The smallest absolute Gasteiger partial charge is 0.0159 e. The SMILES string of the molecule is C=C(CNC)CC1CCCN(CC)C1. The molecule has 1 rings (SSSR count). The Morgan fingerprint density at radius 2 is 2.36 bits per heavy atom. The third kappa shape index (κ3) is 3.81. The van der Waals surface area contributed by atoms with Gasteiger partial charge in [-0.2, -0.15) is 0 Å². The van der Waals surface area contributed by atoms with Crippen LogP contribution in [-0.4, -0.2) is 38.1 Å². The highest BCUT2D eigenvalue weighted by molar-refractivity contribution is 4.98. The minimum Gasteiger partial charge on any atom is -0.316 e. The summed E-state index contributed by atoms with van der Waals surface area (Å²) < 4.78 is 0. The molecule has 1 aliphatic heterocycles. The summed E-state index contributed by atoms with van der Waals surface area (Å²) >= 11 is 0. The van der Waals surface area contributed by atoms with E-state index >= 15 is 0 Å². The highest BCUT2D eigenvalue weighted by Crippen LogP contribution is 2.21. The van der Waals surface area contributed by atoms with Crippen LogP contribution in [0.5, 0.6) is 0 Å². The van der Waals surface area contributed by atoms with E-state index in [0.717, 1.165) is 12.5 Å². The van der Waals surface area contributed by atoms with Gasteiger partial charge in [-0.05, 0) is 45.3 Å². The summed E-state index contributed by atoms with van der Waals surface area (Å²) in [5.41, 5.74) is 1.36. The minimum atomic E-state index is 0.851. The molecule has 14 heavy (non-hydrogen) atoms. The molecule has 0 saturated carbocycles. The molecule has 0 aromatic heterocycles. The molecular formula is C12H24N2. The number of piperidine rings is 1. The van der Waals surface area contributed by atoms with Crippen LogP contribution in [0.25, 0.3) is 0 Å². The Kier molecular flexibility index (Phi) is 5.20. The van der Waals surface area contributed by atoms with E-state index in [-0.39, 0.29) is 0 Å². The van der Waals surface area contributed by atoms with E-state index in [1.165, 1.54) is 44.5 Å². The topological polar surface area (TPSA) is 15.3 Å². The lowest BCUT2D eigenvalue weighted by Gasteiger charge is -2.32. The molecule has 1 unspecified atom stereocenters. The molecule has 0 aromatic carbocycles. The Morgan fingerprint density at radius 3 is 3.00 bits per heavy atom. The number of likely N-dealkylation sites (N-methyl/N-ethyl adjacent to an activating group) is 1. The summed E-state index contributed by atoms with van der Waals surface area (Å²) in [6.07, 6.45) is 3.96. The highest BCUT2D eigenvalue weighted by Gasteiger charge is 2.18. The maximum absolute atomic E-state index is 4.11. The fourth-order valence-electron chi connectivity index (χ4n) is 2.34. The van der Waals surface area contributed by atoms with Crippen molar-refractivity contribution in [3.8, 4) is 0 Å². The van der Waals surface area contributed by atoms with Crippen molar-refractivity contribution in [2.24, 2.45) is 5.92 Å². The van der Waals surface area contributed by atoms with Crippen LogP contribution in [0.15, 0.2) is 12.2 Å². The Balaban J connectivity index is 2.26. The van der Waals surface area contributed by atoms with Gasteiger partial charge >= 0.3 is 0 Å². The van der Waals surface area contributed by atoms with E-state index in [1.54, 1.807) is 0 Å². The molecule has 0 aliphatic carbocycles. The molecule has 2 heteroatoms. The highest BCUT2D eigenvalue weighted by atomic mass is 15.1. The van der Waals surface area contributed by atoms with Crippen LogP contribution < -0.4 is 5.32 Å². The number of likely N-dealkylation sites (tertiary alicyclic amines) is 1. The monoisotopic (exact) mass is 196 g/mol. The van der Waals surface area contributed by atoms with Crippen molar-refractivity contribution >= 4 is 0 Å². The molecule has 0 aromatic rings. The first-order chi connectivity index (χ1) is 6.76. The van der Waals surface area contributed by atoms with Gasteiger partial charge in [0.25, 0.3) is 0 Å². The lowest BCUT2D eigenvalue weighted by Crippen LogP contribution is -2.35. The van der Waals surface area contributed by atoms with Crippen LogP contribution in [0.4, 0.5) is 0 Å². The van der Waals surface area contributed by atoms with E-state index in [1.807, 2.05) is 7.05 Å². The van der Waals surface area contributed by atoms with Crippen LogP contribution in [0, 0.1) is 5.92 Å². The van der Waals surface area contributed by atoms with Crippen molar-refractivity contribution < 1.29 is 0 Å². The summed E-state index contributed by atoms with van der Waals surface area (Å²) in [5.74, 6) is 0.851. The number of rotatable bonds is 5. The zero-order valence-electron chi connectivity index (χ0n) is 9.68. The van der Waals surface area contributed by atoms with Gasteiger partial charge in [0.15, 0.2) is 0 Å². The van der Waals surface area contributed by atoms with E-state index < -0.39 is 0 Å². The zero-order chi connectivity index (χ0) is 10.4. The first kappa shape index (κ1) is 11.7. The summed E-state index contributed by atoms with van der Waals surface area (Å²) in [6, 6.07) is 0. The molecule has 82 valence electrons. The van der Waals surface area contributed by atoms with Gasteiger partial charge < -0.3 is 10.2 Å². The fourth-order valence-corrected chi connectivity index (χ4v) is 2.34. The quantitative estimate of drug-likeness (QED) is 0.675. The lowest BCUT2D eigenvalue weighted by atomic mass is 9.91. The van der Waals surface area contributed by atoms with Crippen molar-refractivity contribution in [3.05, 3.63) is 12.2 Å². The average molecular weight is 196 g/mol. The Bertz CT molecular complexity index is 177. The van der Waals surface area contributed by atoms with Crippen molar-refractivity contribution in [1.29, 1.82) is 0 Å². The Hall–Kier alpha value is -0.340. The Morgan fingerprint density at radius 1 is 1.57 bits per heavy atom. The molecule has 1 atom stereocenters. The van der Waals surface area contributed by atoms with Crippen molar-refractivity contribution in [2.75, 3.05) is 33.2 Å². The van der Waals surface area contributed by atoms with Gasteiger partial charge in [0, 0.05) is 13.1 Å². The second kappa shape index (κ2) is 6.20. The van der Waals surface area contributed by atoms with Crippen molar-refractivity contribution in [2.45, 2.75) is 26.2 Å². The van der Waals surface area contributed by atoms with E-state index in [4.69, 9.17) is 0 Å². The molecule has 1 aliphatic rings. The van der Waals surface area contributed by atoms with E-state index in [9.17, 15) is 0 Å². The van der Waals surface area contributed by atoms with Crippen molar-refractivity contribution in [1.82, 2.24) is 10.2 Å². The summed E-state index contributed by atoms with van der Waals surface area (Å²) in [6.45, 7) is 11.1. The number of nitrogens with one attached hydrogen (secondary N) is 1. The molecule has 0 spiro atoms. The van der Waals surface area contributed by atoms with E-state index in [2.05, 4.69) is 23.7 Å². The normalized spacial score (nSPS) is 23.7. The summed E-state index contributed by atoms with van der Waals surface area (Å²) in [4.78, 5) is 2.56. The van der Waals surface area contributed by atoms with Crippen LogP contribution in [0.2, 0.25) is 0 Å². The van der Waals surface area contributed by atoms with Gasteiger partial charge in [0.05, 0.1) is 0 Å². The van der Waals surface area contributed by atoms with Gasteiger partial charge in [0.1, 0.15) is 0 Å². The zero-order valence-corrected chi connectivity index (χ0v) is 9.68. The number of hydrogen-bond acceptors (Lipinski definition) is 2. The van der Waals surface area contributed by atoms with Gasteiger partial charge in [-0.25, -0.2) is 0 Å². The van der Waals surface area contributed by atoms with Crippen LogP contribution >= 0.6 is 0 Å². The average Bonchev–Trinajstić information content (AvgIpc) is 2.18. The molecule has 0 amide bonds. The summed E-state index contributed by atoms with van der Waals surface area (Å²) in [7, 11) is 1.99. The third-order valence-electron chi connectivity index (χ3n) is 3.05. The molecule has 2 nitrogen and oxygen atoms in total. The fraction of sp³-hybridized carbons (Fsp3) is 0.833. The van der Waals surface area contributed by atoms with E-state index in [0.29, 0.717) is 0 Å². The van der Waals surface area contributed by atoms with Crippen molar-refractivity contribution in [3.63, 3.8) is 0 Å². The second-order valence-electron chi connectivity index (χ2n) is 4.39. The van der Waals surface area contributed by atoms with Crippen LogP contribution in [0.1, 0.15) is 26.2 Å².